The molecule has 0 saturated heterocycles. The second-order valence-electron chi connectivity index (χ2n) is 6.31. The monoisotopic (exact) mass is 344 g/mol. The molecule has 0 saturated carbocycles. The maximum atomic E-state index is 12.5. The second kappa shape index (κ2) is 4.94. The predicted molar refractivity (Wildman–Crippen MR) is 91.3 cm³/mol. The summed E-state index contributed by atoms with van der Waals surface area (Å²) in [6.07, 6.45) is 0. The molecule has 1 amide bonds. The van der Waals surface area contributed by atoms with E-state index < -0.39 is 5.54 Å². The Kier molecular flexibility index (Phi) is 3.08. The lowest BCUT2D eigenvalue weighted by Gasteiger charge is -2.29. The highest BCUT2D eigenvalue weighted by Gasteiger charge is 2.41. The van der Waals surface area contributed by atoms with Crippen LogP contribution >= 0.6 is 11.3 Å². The van der Waals surface area contributed by atoms with Crippen molar-refractivity contribution in [3.8, 4) is 5.75 Å². The third kappa shape index (κ3) is 2.14. The highest BCUT2D eigenvalue weighted by atomic mass is 32.1. The zero-order valence-electron chi connectivity index (χ0n) is 13.3. The number of thiazole rings is 1. The fourth-order valence-electron chi connectivity index (χ4n) is 2.86. The Bertz CT molecular complexity index is 874. The Morgan fingerprint density at radius 1 is 1.38 bits per heavy atom. The molecule has 0 bridgehead atoms. The first-order valence-corrected chi connectivity index (χ1v) is 8.36. The van der Waals surface area contributed by atoms with Crippen molar-refractivity contribution < 1.29 is 14.3 Å². The zero-order valence-corrected chi connectivity index (χ0v) is 14.1. The average molecular weight is 344 g/mol. The van der Waals surface area contributed by atoms with Gasteiger partial charge in [0.05, 0.1) is 17.8 Å². The van der Waals surface area contributed by atoms with Crippen molar-refractivity contribution in [2.45, 2.75) is 19.4 Å². The van der Waals surface area contributed by atoms with Crippen molar-refractivity contribution in [2.75, 3.05) is 23.8 Å². The molecule has 0 fully saturated rings. The Hall–Kier alpha value is -2.61. The molecule has 8 heteroatoms. The molecule has 1 aromatic heterocycles. The quantitative estimate of drug-likeness (QED) is 0.768. The van der Waals surface area contributed by atoms with E-state index in [0.717, 1.165) is 5.69 Å². The molecule has 2 aliphatic heterocycles. The van der Waals surface area contributed by atoms with E-state index in [4.69, 9.17) is 10.5 Å². The van der Waals surface area contributed by atoms with Crippen molar-refractivity contribution in [3.63, 3.8) is 0 Å². The van der Waals surface area contributed by atoms with E-state index in [9.17, 15) is 9.59 Å². The van der Waals surface area contributed by atoms with Gasteiger partial charge in [0, 0.05) is 5.69 Å². The van der Waals surface area contributed by atoms with Crippen molar-refractivity contribution in [1.29, 1.82) is 0 Å². The Balaban J connectivity index is 1.81. The number of amides is 1. The lowest BCUT2D eigenvalue weighted by Crippen LogP contribution is -2.53. The van der Waals surface area contributed by atoms with Crippen LogP contribution in [0.2, 0.25) is 0 Å². The van der Waals surface area contributed by atoms with E-state index >= 15 is 0 Å². The third-order valence-corrected chi connectivity index (χ3v) is 5.19. The molecule has 7 nitrogen and oxygen atoms in total. The van der Waals surface area contributed by atoms with Gasteiger partial charge in [-0.15, -0.1) is 0 Å². The number of nitrogens with two attached hydrogens (primary N) is 1. The van der Waals surface area contributed by atoms with Crippen LogP contribution in [0, 0.1) is 0 Å². The van der Waals surface area contributed by atoms with Crippen LogP contribution in [0.25, 0.3) is 0 Å². The lowest BCUT2D eigenvalue weighted by atomic mass is 9.92. The number of fused-ring (bicyclic) bond motifs is 2. The van der Waals surface area contributed by atoms with E-state index in [2.05, 4.69) is 10.3 Å². The molecule has 124 valence electrons. The zero-order chi connectivity index (χ0) is 17.1. The molecule has 4 rings (SSSR count). The van der Waals surface area contributed by atoms with Gasteiger partial charge in [-0.2, -0.15) is 0 Å². The van der Waals surface area contributed by atoms with Crippen molar-refractivity contribution >= 4 is 39.5 Å². The highest BCUT2D eigenvalue weighted by Crippen LogP contribution is 2.41. The van der Waals surface area contributed by atoms with E-state index in [1.165, 1.54) is 11.3 Å². The summed E-state index contributed by atoms with van der Waals surface area (Å²) >= 11 is 1.21. The van der Waals surface area contributed by atoms with Crippen LogP contribution in [0.4, 0.5) is 16.5 Å². The van der Waals surface area contributed by atoms with Gasteiger partial charge < -0.3 is 20.7 Å². The van der Waals surface area contributed by atoms with Crippen LogP contribution in [-0.4, -0.2) is 35.4 Å². The summed E-state index contributed by atoms with van der Waals surface area (Å²) in [7, 11) is 0. The molecular weight excluding hydrogens is 328 g/mol. The van der Waals surface area contributed by atoms with Crippen LogP contribution in [0.5, 0.6) is 5.75 Å². The number of Topliss-reactive ketones (excluding diaryl/α,β-unsaturated/α-hetero) is 1. The number of hydrogen-bond donors (Lipinski definition) is 2. The van der Waals surface area contributed by atoms with Gasteiger partial charge in [0.15, 0.2) is 5.13 Å². The maximum Gasteiger partial charge on any atom is 0.264 e. The molecule has 3 heterocycles. The largest absolute Gasteiger partial charge is 0.490 e. The minimum Gasteiger partial charge on any atom is -0.490 e. The molecule has 24 heavy (non-hydrogen) atoms. The van der Waals surface area contributed by atoms with Gasteiger partial charge in [-0.1, -0.05) is 11.3 Å². The van der Waals surface area contributed by atoms with Gasteiger partial charge in [-0.05, 0) is 32.0 Å². The van der Waals surface area contributed by atoms with Gasteiger partial charge in [0.1, 0.15) is 22.9 Å². The first kappa shape index (κ1) is 14.9. The summed E-state index contributed by atoms with van der Waals surface area (Å²) in [5.74, 6) is 0.264. The SMILES string of the molecule is CC1(C)NC(=O)c2sc(N3CCOc4ccc(N)cc43)nc2C1=O. The van der Waals surface area contributed by atoms with Gasteiger partial charge in [-0.3, -0.25) is 9.59 Å². The molecule has 1 aromatic carbocycles. The summed E-state index contributed by atoms with van der Waals surface area (Å²) in [4.78, 5) is 31.6. The fourth-order valence-corrected chi connectivity index (χ4v) is 3.86. The Labute approximate surface area is 142 Å². The first-order valence-electron chi connectivity index (χ1n) is 7.55. The highest BCUT2D eigenvalue weighted by molar-refractivity contribution is 7.18. The number of nitrogen functional groups attached to an aromatic ring is 1. The minimum atomic E-state index is -0.942. The summed E-state index contributed by atoms with van der Waals surface area (Å²) in [5, 5.41) is 3.32. The van der Waals surface area contributed by atoms with Crippen LogP contribution in [0.3, 0.4) is 0 Å². The summed E-state index contributed by atoms with van der Waals surface area (Å²) in [6.45, 7) is 4.43. The third-order valence-electron chi connectivity index (χ3n) is 4.11. The molecule has 0 spiro atoms. The molecule has 0 atom stereocenters. The second-order valence-corrected chi connectivity index (χ2v) is 7.29. The van der Waals surface area contributed by atoms with Crippen molar-refractivity contribution in [1.82, 2.24) is 10.3 Å². The average Bonchev–Trinajstić information content (AvgIpc) is 2.97. The predicted octanol–water partition coefficient (Wildman–Crippen LogP) is 1.96. The number of carbonyl (C=O) groups excluding carboxylic acids is 2. The topological polar surface area (TPSA) is 97.6 Å². The molecule has 2 aromatic rings. The van der Waals surface area contributed by atoms with Crippen LogP contribution in [0.1, 0.15) is 34.0 Å². The van der Waals surface area contributed by atoms with Gasteiger partial charge in [0.2, 0.25) is 5.78 Å². The number of nitrogens with zero attached hydrogens (tertiary/aromatic N) is 2. The normalized spacial score (nSPS) is 18.5. The number of nitrogens with one attached hydrogen (secondary N) is 1. The van der Waals surface area contributed by atoms with E-state index in [-0.39, 0.29) is 17.4 Å². The molecule has 0 aliphatic carbocycles. The minimum absolute atomic E-state index is 0.180. The lowest BCUT2D eigenvalue weighted by molar-refractivity contribution is 0.0767. The Morgan fingerprint density at radius 2 is 2.17 bits per heavy atom. The smallest absolute Gasteiger partial charge is 0.264 e. The van der Waals surface area contributed by atoms with E-state index in [1.807, 2.05) is 11.0 Å². The Morgan fingerprint density at radius 3 is 2.96 bits per heavy atom. The van der Waals surface area contributed by atoms with Gasteiger partial charge in [-0.25, -0.2) is 4.98 Å². The van der Waals surface area contributed by atoms with Crippen molar-refractivity contribution in [2.24, 2.45) is 0 Å². The van der Waals surface area contributed by atoms with Crippen LogP contribution in [0.15, 0.2) is 18.2 Å². The van der Waals surface area contributed by atoms with Gasteiger partial charge in [0.25, 0.3) is 5.91 Å². The van der Waals surface area contributed by atoms with Gasteiger partial charge >= 0.3 is 0 Å². The molecule has 0 radical (unpaired) electrons. The number of rotatable bonds is 1. The molecular formula is C16H16N4O3S. The summed E-state index contributed by atoms with van der Waals surface area (Å²) in [6, 6.07) is 5.39. The molecule has 0 unspecified atom stereocenters. The number of aromatic nitrogens is 1. The number of anilines is 3. The maximum absolute atomic E-state index is 12.5. The first-order chi connectivity index (χ1) is 11.4. The number of hydrogen-bond acceptors (Lipinski definition) is 7. The van der Waals surface area contributed by atoms with Crippen molar-refractivity contribution in [3.05, 3.63) is 28.8 Å². The van der Waals surface area contributed by atoms with Crippen LogP contribution < -0.4 is 20.7 Å². The number of ketones is 1. The molecule has 3 N–H and O–H groups in total. The number of ether oxygens (including phenoxy) is 1. The van der Waals surface area contributed by atoms with E-state index in [0.29, 0.717) is 34.6 Å². The van der Waals surface area contributed by atoms with E-state index in [1.54, 1.807) is 26.0 Å². The molecule has 2 aliphatic rings. The number of benzene rings is 1. The number of carbonyl (C=O) groups is 2. The standard InChI is InChI=1S/C16H16N4O3S/c1-16(2)13(21)11-12(14(22)19-16)24-15(18-11)20-5-6-23-10-4-3-8(17)7-9(10)20/h3-4,7H,5-6,17H2,1-2H3,(H,19,22). The fraction of sp³-hybridized carbons (Fsp3) is 0.312. The van der Waals surface area contributed by atoms with Crippen LogP contribution in [-0.2, 0) is 0 Å². The summed E-state index contributed by atoms with van der Waals surface area (Å²) < 4.78 is 5.64. The summed E-state index contributed by atoms with van der Waals surface area (Å²) in [5.41, 5.74) is 6.58.